The number of nitrogens with zero attached hydrogens (tertiary/aromatic N) is 5. The van der Waals surface area contributed by atoms with Crippen molar-refractivity contribution in [1.82, 2.24) is 19.6 Å². The molecule has 1 atom stereocenters. The molecule has 0 unspecified atom stereocenters. The number of carbonyl (C=O) groups is 1. The Bertz CT molecular complexity index is 1820. The van der Waals surface area contributed by atoms with Gasteiger partial charge in [-0.25, -0.2) is 14.5 Å². The number of aromatic nitrogens is 3. The number of phenolic OH excluding ortho intramolecular Hbond substituents is 1. The molecule has 0 saturated carbocycles. The summed E-state index contributed by atoms with van der Waals surface area (Å²) in [6, 6.07) is 17.9. The average Bonchev–Trinajstić information content (AvgIpc) is 3.66. The number of phenols is 1. The quantitative estimate of drug-likeness (QED) is 0.231. The van der Waals surface area contributed by atoms with Crippen LogP contribution in [0, 0.1) is 0 Å². The number of thiophene rings is 1. The van der Waals surface area contributed by atoms with Gasteiger partial charge in [0, 0.05) is 28.6 Å². The van der Waals surface area contributed by atoms with Crippen LogP contribution in [0.2, 0.25) is 9.36 Å². The molecule has 7 nitrogen and oxygen atoms in total. The molecule has 3 aromatic heterocycles. The number of hydrogen-bond donors (Lipinski definition) is 1. The van der Waals surface area contributed by atoms with Gasteiger partial charge < -0.3 is 5.11 Å². The lowest BCUT2D eigenvalue weighted by molar-refractivity contribution is -0.142. The van der Waals surface area contributed by atoms with E-state index in [4.69, 9.17) is 23.2 Å². The fourth-order valence-corrected chi connectivity index (χ4v) is 5.79. The maximum absolute atomic E-state index is 14.1. The Morgan fingerprint density at radius 2 is 1.77 bits per heavy atom. The number of carbonyl (C=O) groups excluding carboxylic acids is 1. The highest BCUT2D eigenvalue weighted by molar-refractivity contribution is 7.19. The van der Waals surface area contributed by atoms with E-state index in [0.717, 1.165) is 22.4 Å². The van der Waals surface area contributed by atoms with Gasteiger partial charge in [0.25, 0.3) is 5.91 Å². The van der Waals surface area contributed by atoms with Crippen LogP contribution in [0.1, 0.15) is 39.8 Å². The highest BCUT2D eigenvalue weighted by Crippen LogP contribution is 2.39. The van der Waals surface area contributed by atoms with Gasteiger partial charge in [-0.05, 0) is 30.3 Å². The van der Waals surface area contributed by atoms with Crippen molar-refractivity contribution >= 4 is 51.8 Å². The van der Waals surface area contributed by atoms with Gasteiger partial charge in [0.1, 0.15) is 5.75 Å². The Morgan fingerprint density at radius 3 is 2.48 bits per heavy atom. The topological polar surface area (TPSA) is 83.1 Å². The van der Waals surface area contributed by atoms with Crippen molar-refractivity contribution in [2.75, 3.05) is 0 Å². The monoisotopic (exact) mass is 601 g/mol. The molecule has 13 heteroatoms. The lowest BCUT2D eigenvalue weighted by atomic mass is 9.97. The maximum Gasteiger partial charge on any atom is 0.433 e. The summed E-state index contributed by atoms with van der Waals surface area (Å²) >= 11 is 13.4. The van der Waals surface area contributed by atoms with E-state index in [-0.39, 0.29) is 29.2 Å². The molecule has 40 heavy (non-hydrogen) atoms. The Hall–Kier alpha value is -3.93. The molecule has 0 spiro atoms. The Labute approximate surface area is 238 Å². The largest absolute Gasteiger partial charge is 0.508 e. The van der Waals surface area contributed by atoms with Crippen LogP contribution < -0.4 is 0 Å². The molecule has 6 rings (SSSR count). The molecular weight excluding hydrogens is 586 g/mol. The third kappa shape index (κ3) is 4.70. The van der Waals surface area contributed by atoms with Crippen LogP contribution in [-0.4, -0.2) is 36.3 Å². The zero-order chi connectivity index (χ0) is 28.2. The van der Waals surface area contributed by atoms with Gasteiger partial charge in [0.2, 0.25) is 0 Å². The first-order valence-electron chi connectivity index (χ1n) is 11.8. The van der Waals surface area contributed by atoms with Crippen LogP contribution in [0.5, 0.6) is 5.75 Å². The van der Waals surface area contributed by atoms with Gasteiger partial charge in [0.05, 0.1) is 26.7 Å². The van der Waals surface area contributed by atoms with E-state index in [1.165, 1.54) is 12.1 Å². The fraction of sp³-hybridized carbons (Fsp3) is 0.111. The van der Waals surface area contributed by atoms with E-state index in [2.05, 4.69) is 15.2 Å². The van der Waals surface area contributed by atoms with Crippen LogP contribution in [0.4, 0.5) is 13.2 Å². The summed E-state index contributed by atoms with van der Waals surface area (Å²) in [5.74, 6) is -0.828. The van der Waals surface area contributed by atoms with E-state index in [9.17, 15) is 23.1 Å². The Morgan fingerprint density at radius 1 is 1.02 bits per heavy atom. The summed E-state index contributed by atoms with van der Waals surface area (Å²) in [6.07, 6.45) is -4.58. The van der Waals surface area contributed by atoms with Crippen molar-refractivity contribution in [2.24, 2.45) is 5.10 Å². The van der Waals surface area contributed by atoms with Crippen molar-refractivity contribution in [2.45, 2.75) is 18.6 Å². The number of para-hydroxylation sites is 1. The first-order chi connectivity index (χ1) is 19.1. The highest BCUT2D eigenvalue weighted by Gasteiger charge is 2.39. The smallest absolute Gasteiger partial charge is 0.433 e. The van der Waals surface area contributed by atoms with E-state index < -0.39 is 23.8 Å². The minimum Gasteiger partial charge on any atom is -0.508 e. The number of halogens is 5. The summed E-state index contributed by atoms with van der Waals surface area (Å²) in [5.41, 5.74) is -0.0540. The van der Waals surface area contributed by atoms with E-state index >= 15 is 0 Å². The predicted octanol–water partition coefficient (Wildman–Crippen LogP) is 7.48. The van der Waals surface area contributed by atoms with Gasteiger partial charge in [-0.15, -0.1) is 11.3 Å². The molecule has 1 aliphatic rings. The molecule has 1 aliphatic heterocycles. The van der Waals surface area contributed by atoms with Gasteiger partial charge in [-0.2, -0.15) is 23.4 Å². The van der Waals surface area contributed by atoms with Crippen molar-refractivity contribution in [3.8, 4) is 16.3 Å². The summed E-state index contributed by atoms with van der Waals surface area (Å²) in [6.45, 7) is 0. The minimum atomic E-state index is -4.79. The second-order valence-electron chi connectivity index (χ2n) is 8.88. The van der Waals surface area contributed by atoms with E-state index in [0.29, 0.717) is 35.6 Å². The standard InChI is InChI=1S/C27H16Cl2F3N5O2S/c28-16-7-3-1-5-14(16)17-11-20(15-6-2-4-8-21(15)38)36(34-17)26(39)19-13-25-33-18(22-9-10-24(29)40-22)12-23(27(30,31)32)37(25)35-19/h1-10,12-13,20,38H,11H2/t20-/m1/s1. The molecule has 0 radical (unpaired) electrons. The summed E-state index contributed by atoms with van der Waals surface area (Å²) < 4.78 is 43.2. The van der Waals surface area contributed by atoms with Crippen molar-refractivity contribution in [3.63, 3.8) is 0 Å². The molecule has 0 saturated heterocycles. The molecule has 0 fully saturated rings. The normalized spacial score (nSPS) is 15.6. The van der Waals surface area contributed by atoms with Gasteiger partial charge in [-0.3, -0.25) is 4.79 Å². The predicted molar refractivity (Wildman–Crippen MR) is 146 cm³/mol. The number of fused-ring (bicyclic) bond motifs is 1. The summed E-state index contributed by atoms with van der Waals surface area (Å²) in [5, 5.41) is 20.6. The fourth-order valence-electron chi connectivity index (χ4n) is 4.54. The maximum atomic E-state index is 14.1. The van der Waals surface area contributed by atoms with Crippen molar-refractivity contribution in [3.05, 3.63) is 105 Å². The van der Waals surface area contributed by atoms with E-state index in [1.807, 2.05) is 0 Å². The molecule has 0 aliphatic carbocycles. The summed E-state index contributed by atoms with van der Waals surface area (Å²) in [7, 11) is 0. The minimum absolute atomic E-state index is 0.0444. The molecule has 1 N–H and O–H groups in total. The SMILES string of the molecule is O=C(c1cc2nc(-c3ccc(Cl)s3)cc(C(F)(F)F)n2n1)N1N=C(c2ccccc2Cl)C[C@@H]1c1ccccc1O. The van der Waals surface area contributed by atoms with Gasteiger partial charge in [-0.1, -0.05) is 59.6 Å². The molecule has 4 heterocycles. The second-order valence-corrected chi connectivity index (χ2v) is 11.0. The van der Waals surface area contributed by atoms with Crippen LogP contribution in [0.25, 0.3) is 16.2 Å². The number of rotatable bonds is 4. The van der Waals surface area contributed by atoms with E-state index in [1.54, 1.807) is 54.6 Å². The molecule has 202 valence electrons. The molecule has 2 aromatic carbocycles. The Balaban J connectivity index is 1.47. The van der Waals surface area contributed by atoms with Gasteiger partial charge in [0.15, 0.2) is 17.0 Å². The molecule has 5 aromatic rings. The van der Waals surface area contributed by atoms with Crippen molar-refractivity contribution in [1.29, 1.82) is 0 Å². The molecule has 0 bridgehead atoms. The number of alkyl halides is 3. The van der Waals surface area contributed by atoms with Gasteiger partial charge >= 0.3 is 6.18 Å². The Kier molecular flexibility index (Phi) is 6.52. The van der Waals surface area contributed by atoms with Crippen LogP contribution in [0.15, 0.2) is 77.9 Å². The third-order valence-electron chi connectivity index (χ3n) is 6.36. The first-order valence-corrected chi connectivity index (χ1v) is 13.3. The number of benzene rings is 2. The van der Waals surface area contributed by atoms with Crippen LogP contribution in [-0.2, 0) is 6.18 Å². The van der Waals surface area contributed by atoms with Crippen LogP contribution in [0.3, 0.4) is 0 Å². The molecule has 1 amide bonds. The number of aromatic hydroxyl groups is 1. The van der Waals surface area contributed by atoms with Crippen molar-refractivity contribution < 1.29 is 23.1 Å². The second kappa shape index (κ2) is 9.92. The number of amides is 1. The number of hydrazone groups is 1. The average molecular weight is 602 g/mol. The zero-order valence-corrected chi connectivity index (χ0v) is 22.4. The summed E-state index contributed by atoms with van der Waals surface area (Å²) in [4.78, 5) is 18.5. The highest BCUT2D eigenvalue weighted by atomic mass is 35.5. The lowest BCUT2D eigenvalue weighted by Gasteiger charge is -2.21. The lowest BCUT2D eigenvalue weighted by Crippen LogP contribution is -2.27. The molecular formula is C27H16Cl2F3N5O2S. The van der Waals surface area contributed by atoms with Crippen LogP contribution >= 0.6 is 34.5 Å². The third-order valence-corrected chi connectivity index (χ3v) is 7.94. The zero-order valence-electron chi connectivity index (χ0n) is 20.1. The number of hydrogen-bond acceptors (Lipinski definition) is 6. The first kappa shape index (κ1) is 26.3.